The Morgan fingerprint density at radius 3 is 2.76 bits per heavy atom. The molecule has 5 rings (SSSR count). The molecule has 6 nitrogen and oxygen atoms in total. The second-order valence-electron chi connectivity index (χ2n) is 9.35. The molecule has 1 aromatic heterocycles. The number of urea groups is 1. The first kappa shape index (κ1) is 22.8. The zero-order valence-corrected chi connectivity index (χ0v) is 20.4. The molecule has 1 N–H and O–H groups in total. The average molecular weight is 494 g/mol. The van der Waals surface area contributed by atoms with E-state index in [0.717, 1.165) is 31.5 Å². The molecule has 0 aliphatic heterocycles. The highest BCUT2D eigenvalue weighted by molar-refractivity contribution is 6.35. The summed E-state index contributed by atoms with van der Waals surface area (Å²) in [6.45, 7) is 0.415. The second kappa shape index (κ2) is 8.98. The molecule has 174 valence electrons. The van der Waals surface area contributed by atoms with Gasteiger partial charge in [0, 0.05) is 41.2 Å². The molecule has 2 amide bonds. The number of carbonyl (C=O) groups excluding carboxylic acids is 1. The van der Waals surface area contributed by atoms with E-state index in [0.29, 0.717) is 33.8 Å². The first-order valence-corrected chi connectivity index (χ1v) is 12.1. The third kappa shape index (κ3) is 4.38. The fraction of sp³-hybridized carbons (Fsp3) is 0.346. The summed E-state index contributed by atoms with van der Waals surface area (Å²) in [5.41, 5.74) is 2.66. The van der Waals surface area contributed by atoms with Crippen LogP contribution in [0.25, 0.3) is 0 Å². The fourth-order valence-corrected chi connectivity index (χ4v) is 5.96. The molecular formula is C26H25Cl2N5O. The van der Waals surface area contributed by atoms with Crippen LogP contribution in [0.1, 0.15) is 42.6 Å². The number of aryl methyl sites for hydroxylation is 1. The van der Waals surface area contributed by atoms with Crippen molar-refractivity contribution in [1.29, 1.82) is 5.26 Å². The molecule has 2 fully saturated rings. The molecule has 2 aliphatic carbocycles. The lowest BCUT2D eigenvalue weighted by molar-refractivity contribution is 0.153. The van der Waals surface area contributed by atoms with E-state index in [2.05, 4.69) is 22.4 Å². The molecule has 0 saturated heterocycles. The molecule has 34 heavy (non-hydrogen) atoms. The summed E-state index contributed by atoms with van der Waals surface area (Å²) in [5.74, 6) is 1.33. The van der Waals surface area contributed by atoms with Gasteiger partial charge in [0.15, 0.2) is 0 Å². The van der Waals surface area contributed by atoms with Gasteiger partial charge in [-0.3, -0.25) is 0 Å². The number of halogens is 2. The normalized spacial score (nSPS) is 23.0. The number of nitrogens with zero attached hydrogens (tertiary/aromatic N) is 4. The molecule has 0 radical (unpaired) electrons. The Labute approximate surface area is 209 Å². The predicted molar refractivity (Wildman–Crippen MR) is 133 cm³/mol. The van der Waals surface area contributed by atoms with E-state index < -0.39 is 0 Å². The molecule has 2 aliphatic rings. The standard InChI is InChI=1S/C26H25Cl2N5O/c1-32-8-7-30-24(32)16-33(25(34)31-22-12-20(27)11-21(28)13-22)23-5-6-26(14-19(26)10-23)18-4-2-3-17(9-18)15-29/h2-4,7-9,11-13,19,23H,5-6,10,14,16H2,1H3,(H,31,34)/t19?,23-,26-/m1/s1. The van der Waals surface area contributed by atoms with Crippen LogP contribution in [-0.2, 0) is 19.0 Å². The topological polar surface area (TPSA) is 74.0 Å². The molecule has 1 unspecified atom stereocenters. The van der Waals surface area contributed by atoms with Crippen LogP contribution >= 0.6 is 23.2 Å². The van der Waals surface area contributed by atoms with Crippen LogP contribution in [0.5, 0.6) is 0 Å². The minimum Gasteiger partial charge on any atom is -0.337 e. The Morgan fingerprint density at radius 2 is 2.09 bits per heavy atom. The van der Waals surface area contributed by atoms with Crippen molar-refractivity contribution in [3.63, 3.8) is 0 Å². The van der Waals surface area contributed by atoms with Crippen molar-refractivity contribution in [2.24, 2.45) is 13.0 Å². The van der Waals surface area contributed by atoms with Gasteiger partial charge < -0.3 is 14.8 Å². The number of imidazole rings is 1. The van der Waals surface area contributed by atoms with Gasteiger partial charge in [0.2, 0.25) is 0 Å². The molecule has 8 heteroatoms. The minimum absolute atomic E-state index is 0.0890. The van der Waals surface area contributed by atoms with Crippen molar-refractivity contribution in [2.75, 3.05) is 5.32 Å². The predicted octanol–water partition coefficient (Wildman–Crippen LogP) is 6.14. The number of nitriles is 1. The Bertz CT molecular complexity index is 1260. The van der Waals surface area contributed by atoms with E-state index in [1.807, 2.05) is 40.9 Å². The molecule has 3 aromatic rings. The number of aromatic nitrogens is 2. The van der Waals surface area contributed by atoms with Crippen molar-refractivity contribution >= 4 is 34.9 Å². The SMILES string of the molecule is Cn1ccnc1CN(C(=O)Nc1cc(Cl)cc(Cl)c1)[C@@H]1CC[C@]2(c3cccc(C#N)c3)CC2C1. The third-order valence-electron chi connectivity index (χ3n) is 7.33. The summed E-state index contributed by atoms with van der Waals surface area (Å²) in [6, 6.07) is 15.2. The molecule has 0 spiro atoms. The number of benzene rings is 2. The van der Waals surface area contributed by atoms with Gasteiger partial charge in [0.25, 0.3) is 0 Å². The number of hydrogen-bond donors (Lipinski definition) is 1. The highest BCUT2D eigenvalue weighted by Gasteiger charge is 2.58. The van der Waals surface area contributed by atoms with Crippen LogP contribution in [0.15, 0.2) is 54.9 Å². The summed E-state index contributed by atoms with van der Waals surface area (Å²) >= 11 is 12.3. The smallest absolute Gasteiger partial charge is 0.322 e. The Kier molecular flexibility index (Phi) is 6.01. The van der Waals surface area contributed by atoms with Gasteiger partial charge in [-0.05, 0) is 72.9 Å². The number of amides is 2. The lowest BCUT2D eigenvalue weighted by atomic mass is 9.80. The molecule has 2 aromatic carbocycles. The van der Waals surface area contributed by atoms with Gasteiger partial charge in [-0.25, -0.2) is 9.78 Å². The first-order valence-electron chi connectivity index (χ1n) is 11.4. The number of hydrogen-bond acceptors (Lipinski definition) is 3. The summed E-state index contributed by atoms with van der Waals surface area (Å²) in [4.78, 5) is 19.8. The number of fused-ring (bicyclic) bond motifs is 1. The number of rotatable bonds is 5. The summed E-state index contributed by atoms with van der Waals surface area (Å²) in [6.07, 6.45) is 7.53. The maximum atomic E-state index is 13.5. The van der Waals surface area contributed by atoms with Gasteiger partial charge in [0.05, 0.1) is 18.2 Å². The Hall–Kier alpha value is -3.01. The van der Waals surface area contributed by atoms with E-state index in [9.17, 15) is 10.1 Å². The zero-order valence-electron chi connectivity index (χ0n) is 18.8. The molecule has 1 heterocycles. The van der Waals surface area contributed by atoms with Gasteiger partial charge in [-0.2, -0.15) is 5.26 Å². The van der Waals surface area contributed by atoms with Gasteiger partial charge in [-0.1, -0.05) is 35.3 Å². The maximum Gasteiger partial charge on any atom is 0.322 e. The highest BCUT2D eigenvalue weighted by atomic mass is 35.5. The first-order chi connectivity index (χ1) is 16.4. The molecular weight excluding hydrogens is 469 g/mol. The largest absolute Gasteiger partial charge is 0.337 e. The number of carbonyl (C=O) groups is 1. The second-order valence-corrected chi connectivity index (χ2v) is 10.2. The Morgan fingerprint density at radius 1 is 1.29 bits per heavy atom. The monoisotopic (exact) mass is 493 g/mol. The van der Waals surface area contributed by atoms with Gasteiger partial charge >= 0.3 is 6.03 Å². The van der Waals surface area contributed by atoms with E-state index >= 15 is 0 Å². The molecule has 0 bridgehead atoms. The van der Waals surface area contributed by atoms with Crippen LogP contribution < -0.4 is 5.32 Å². The van der Waals surface area contributed by atoms with Crippen LogP contribution in [0.3, 0.4) is 0 Å². The summed E-state index contributed by atoms with van der Waals surface area (Å²) in [7, 11) is 1.93. The van der Waals surface area contributed by atoms with Crippen molar-refractivity contribution in [3.05, 3.63) is 81.9 Å². The van der Waals surface area contributed by atoms with Crippen LogP contribution in [-0.4, -0.2) is 26.5 Å². The lowest BCUT2D eigenvalue weighted by Gasteiger charge is -2.36. The van der Waals surface area contributed by atoms with Gasteiger partial charge in [0.1, 0.15) is 5.82 Å². The number of nitrogens with one attached hydrogen (secondary N) is 1. The lowest BCUT2D eigenvalue weighted by Crippen LogP contribution is -2.45. The van der Waals surface area contributed by atoms with Crippen molar-refractivity contribution in [3.8, 4) is 6.07 Å². The maximum absolute atomic E-state index is 13.5. The quantitative estimate of drug-likeness (QED) is 0.463. The summed E-state index contributed by atoms with van der Waals surface area (Å²) < 4.78 is 1.94. The van der Waals surface area contributed by atoms with Crippen LogP contribution in [0.2, 0.25) is 10.0 Å². The third-order valence-corrected chi connectivity index (χ3v) is 7.76. The molecule has 2 saturated carbocycles. The fourth-order valence-electron chi connectivity index (χ4n) is 5.43. The van der Waals surface area contributed by atoms with Crippen molar-refractivity contribution in [1.82, 2.24) is 14.5 Å². The van der Waals surface area contributed by atoms with Crippen LogP contribution in [0, 0.1) is 17.2 Å². The van der Waals surface area contributed by atoms with Crippen molar-refractivity contribution < 1.29 is 4.79 Å². The van der Waals surface area contributed by atoms with E-state index in [1.165, 1.54) is 5.56 Å². The van der Waals surface area contributed by atoms with E-state index in [4.69, 9.17) is 23.2 Å². The van der Waals surface area contributed by atoms with Crippen molar-refractivity contribution in [2.45, 2.75) is 43.7 Å². The van der Waals surface area contributed by atoms with Gasteiger partial charge in [-0.15, -0.1) is 0 Å². The Balaban J connectivity index is 1.36. The highest BCUT2D eigenvalue weighted by Crippen LogP contribution is 2.63. The van der Waals surface area contributed by atoms with E-state index in [1.54, 1.807) is 24.4 Å². The average Bonchev–Trinajstić information content (AvgIpc) is 3.42. The summed E-state index contributed by atoms with van der Waals surface area (Å²) in [5, 5.41) is 13.2. The minimum atomic E-state index is -0.189. The zero-order chi connectivity index (χ0) is 23.9. The van der Waals surface area contributed by atoms with Crippen LogP contribution in [0.4, 0.5) is 10.5 Å². The number of anilines is 1. The molecule has 3 atom stereocenters. The van der Waals surface area contributed by atoms with E-state index in [-0.39, 0.29) is 17.5 Å².